The monoisotopic (exact) mass is 445 g/mol. The van der Waals surface area contributed by atoms with Gasteiger partial charge in [0.05, 0.1) is 48.8 Å². The molecule has 1 aromatic carbocycles. The molecule has 0 bridgehead atoms. The van der Waals surface area contributed by atoms with Crippen molar-refractivity contribution in [2.45, 2.75) is 38.0 Å². The van der Waals surface area contributed by atoms with Gasteiger partial charge in [-0.05, 0) is 49.3 Å². The van der Waals surface area contributed by atoms with Crippen LogP contribution < -0.4 is 9.64 Å². The van der Waals surface area contributed by atoms with Crippen LogP contribution in [0.3, 0.4) is 0 Å². The van der Waals surface area contributed by atoms with E-state index in [1.807, 2.05) is 24.3 Å². The Morgan fingerprint density at radius 2 is 1.97 bits per heavy atom. The summed E-state index contributed by atoms with van der Waals surface area (Å²) in [6, 6.07) is 11.5. The molecule has 1 aliphatic carbocycles. The number of rotatable bonds is 5. The number of halogens is 3. The summed E-state index contributed by atoms with van der Waals surface area (Å²) >= 11 is 0. The summed E-state index contributed by atoms with van der Waals surface area (Å²) in [7, 11) is 0. The lowest BCUT2D eigenvalue weighted by Gasteiger charge is -2.34. The lowest BCUT2D eigenvalue weighted by atomic mass is 9.82. The van der Waals surface area contributed by atoms with Crippen molar-refractivity contribution in [1.29, 1.82) is 5.26 Å². The summed E-state index contributed by atoms with van der Waals surface area (Å²) < 4.78 is 50.4. The van der Waals surface area contributed by atoms with Gasteiger partial charge in [0, 0.05) is 19.2 Å². The van der Waals surface area contributed by atoms with Crippen molar-refractivity contribution < 1.29 is 22.6 Å². The number of morpholine rings is 1. The standard InChI is InChI=1S/C24H26F3N3O2/c25-24(26,27)20-6-4-17(5-7-20)16-32-22-11-21(13-29-14-22)30-8-9-31-23(15-30)19-3-1-2-18(10-19)12-28/h1-3,10-11,13-14,17,20,23H,4-9,15-16H2. The molecule has 2 aromatic rings. The first-order chi connectivity index (χ1) is 15.4. The first kappa shape index (κ1) is 22.4. The van der Waals surface area contributed by atoms with Crippen LogP contribution in [0.25, 0.3) is 0 Å². The molecule has 5 nitrogen and oxygen atoms in total. The molecule has 1 aromatic heterocycles. The second kappa shape index (κ2) is 9.78. The van der Waals surface area contributed by atoms with Crippen LogP contribution in [-0.2, 0) is 4.74 Å². The van der Waals surface area contributed by atoms with Crippen LogP contribution >= 0.6 is 0 Å². The third-order valence-electron chi connectivity index (χ3n) is 6.31. The van der Waals surface area contributed by atoms with Gasteiger partial charge >= 0.3 is 6.18 Å². The predicted octanol–water partition coefficient (Wildman–Crippen LogP) is 5.28. The maximum Gasteiger partial charge on any atom is 0.391 e. The van der Waals surface area contributed by atoms with E-state index in [0.29, 0.717) is 50.5 Å². The van der Waals surface area contributed by atoms with Gasteiger partial charge in [-0.3, -0.25) is 4.98 Å². The van der Waals surface area contributed by atoms with Crippen molar-refractivity contribution in [3.05, 3.63) is 53.9 Å². The van der Waals surface area contributed by atoms with Gasteiger partial charge in [0.2, 0.25) is 0 Å². The fourth-order valence-electron chi connectivity index (χ4n) is 4.42. The van der Waals surface area contributed by atoms with E-state index in [4.69, 9.17) is 14.7 Å². The molecule has 0 N–H and O–H groups in total. The number of nitrogens with zero attached hydrogens (tertiary/aromatic N) is 3. The Morgan fingerprint density at radius 3 is 2.72 bits per heavy atom. The summed E-state index contributed by atoms with van der Waals surface area (Å²) in [6.45, 7) is 2.29. The molecule has 0 amide bonds. The number of alkyl halides is 3. The molecule has 2 fully saturated rings. The average molecular weight is 445 g/mol. The zero-order valence-corrected chi connectivity index (χ0v) is 17.7. The number of ether oxygens (including phenoxy) is 2. The van der Waals surface area contributed by atoms with Crippen LogP contribution in [0, 0.1) is 23.2 Å². The van der Waals surface area contributed by atoms with Crippen LogP contribution in [-0.4, -0.2) is 37.5 Å². The molecule has 0 spiro atoms. The first-order valence-corrected chi connectivity index (χ1v) is 10.9. The second-order valence-corrected chi connectivity index (χ2v) is 8.49. The van der Waals surface area contributed by atoms with E-state index in [9.17, 15) is 13.2 Å². The van der Waals surface area contributed by atoms with Gasteiger partial charge in [-0.2, -0.15) is 18.4 Å². The minimum Gasteiger partial charge on any atom is -0.492 e. The van der Waals surface area contributed by atoms with Gasteiger partial charge < -0.3 is 14.4 Å². The maximum absolute atomic E-state index is 12.8. The summed E-state index contributed by atoms with van der Waals surface area (Å²) in [5.74, 6) is -0.417. The normalized spacial score (nSPS) is 24.1. The van der Waals surface area contributed by atoms with Crippen LogP contribution in [0.1, 0.15) is 42.9 Å². The Hall–Kier alpha value is -2.79. The number of anilines is 1. The number of pyridine rings is 1. The Balaban J connectivity index is 1.34. The Kier molecular flexibility index (Phi) is 6.85. The van der Waals surface area contributed by atoms with Gasteiger partial charge in [0.15, 0.2) is 0 Å². The van der Waals surface area contributed by atoms with Gasteiger partial charge in [-0.1, -0.05) is 12.1 Å². The SMILES string of the molecule is N#Cc1cccc(C2CN(c3cncc(OCC4CCC(C(F)(F)F)CC4)c3)CCO2)c1. The largest absolute Gasteiger partial charge is 0.492 e. The quantitative estimate of drug-likeness (QED) is 0.627. The molecule has 1 saturated heterocycles. The van der Waals surface area contributed by atoms with Gasteiger partial charge in [-0.15, -0.1) is 0 Å². The molecule has 170 valence electrons. The zero-order chi connectivity index (χ0) is 22.6. The van der Waals surface area contributed by atoms with E-state index in [1.54, 1.807) is 18.5 Å². The molecular formula is C24H26F3N3O2. The topological polar surface area (TPSA) is 58.4 Å². The van der Waals surface area contributed by atoms with Crippen LogP contribution in [0.2, 0.25) is 0 Å². The predicted molar refractivity (Wildman–Crippen MR) is 113 cm³/mol. The third kappa shape index (κ3) is 5.52. The highest BCUT2D eigenvalue weighted by Gasteiger charge is 2.41. The van der Waals surface area contributed by atoms with Crippen LogP contribution in [0.4, 0.5) is 18.9 Å². The van der Waals surface area contributed by atoms with E-state index in [1.165, 1.54) is 0 Å². The molecular weight excluding hydrogens is 419 g/mol. The lowest BCUT2D eigenvalue weighted by Crippen LogP contribution is -2.38. The van der Waals surface area contributed by atoms with E-state index in [-0.39, 0.29) is 24.9 Å². The van der Waals surface area contributed by atoms with Crippen molar-refractivity contribution in [3.63, 3.8) is 0 Å². The van der Waals surface area contributed by atoms with Crippen LogP contribution in [0.5, 0.6) is 5.75 Å². The summed E-state index contributed by atoms with van der Waals surface area (Å²) in [5, 5.41) is 9.14. The van der Waals surface area contributed by atoms with E-state index < -0.39 is 12.1 Å². The smallest absolute Gasteiger partial charge is 0.391 e. The fraction of sp³-hybridized carbons (Fsp3) is 0.500. The van der Waals surface area contributed by atoms with Crippen molar-refractivity contribution >= 4 is 5.69 Å². The number of hydrogen-bond acceptors (Lipinski definition) is 5. The maximum atomic E-state index is 12.8. The second-order valence-electron chi connectivity index (χ2n) is 8.49. The Morgan fingerprint density at radius 1 is 1.16 bits per heavy atom. The Bertz CT molecular complexity index is 952. The first-order valence-electron chi connectivity index (χ1n) is 10.9. The minimum atomic E-state index is -4.09. The highest BCUT2D eigenvalue weighted by Crippen LogP contribution is 2.39. The van der Waals surface area contributed by atoms with Gasteiger partial charge in [-0.25, -0.2) is 0 Å². The highest BCUT2D eigenvalue weighted by atomic mass is 19.4. The molecule has 1 unspecified atom stereocenters. The van der Waals surface area contributed by atoms with E-state index in [0.717, 1.165) is 11.3 Å². The van der Waals surface area contributed by atoms with Crippen molar-refractivity contribution in [1.82, 2.24) is 4.98 Å². The summed E-state index contributed by atoms with van der Waals surface area (Å²) in [5.41, 5.74) is 2.47. The summed E-state index contributed by atoms with van der Waals surface area (Å²) in [6.07, 6.45) is 0.597. The van der Waals surface area contributed by atoms with Crippen molar-refractivity contribution in [2.75, 3.05) is 31.2 Å². The van der Waals surface area contributed by atoms with Crippen molar-refractivity contribution in [3.8, 4) is 11.8 Å². The van der Waals surface area contributed by atoms with Crippen molar-refractivity contribution in [2.24, 2.45) is 11.8 Å². The average Bonchev–Trinajstić information content (AvgIpc) is 2.83. The Labute approximate surface area is 185 Å². The third-order valence-corrected chi connectivity index (χ3v) is 6.31. The van der Waals surface area contributed by atoms with Crippen LogP contribution in [0.15, 0.2) is 42.7 Å². The molecule has 8 heteroatoms. The fourth-order valence-corrected chi connectivity index (χ4v) is 4.42. The number of aromatic nitrogens is 1. The molecule has 1 atom stereocenters. The molecule has 4 rings (SSSR count). The van der Waals surface area contributed by atoms with Gasteiger partial charge in [0.1, 0.15) is 11.9 Å². The summed E-state index contributed by atoms with van der Waals surface area (Å²) in [4.78, 5) is 6.46. The molecule has 32 heavy (non-hydrogen) atoms. The minimum absolute atomic E-state index is 0.137. The number of benzene rings is 1. The number of nitriles is 1. The number of hydrogen-bond donors (Lipinski definition) is 0. The highest BCUT2D eigenvalue weighted by molar-refractivity contribution is 5.49. The van der Waals surface area contributed by atoms with E-state index in [2.05, 4.69) is 16.0 Å². The molecule has 1 aliphatic heterocycles. The molecule has 0 radical (unpaired) electrons. The molecule has 2 aliphatic rings. The van der Waals surface area contributed by atoms with Gasteiger partial charge in [0.25, 0.3) is 0 Å². The molecule has 1 saturated carbocycles. The van der Waals surface area contributed by atoms with E-state index >= 15 is 0 Å². The molecule has 2 heterocycles. The lowest BCUT2D eigenvalue weighted by molar-refractivity contribution is -0.184. The zero-order valence-electron chi connectivity index (χ0n) is 17.7.